The number of allylic oxidation sites excluding steroid dienone is 4. The SMILES string of the molecule is FC1=CC=C(c2ccccc2)CC1(c1nc(-c2ccoc2)cc(C(F)(F)F)n1)c1noc(=S)[nH]1. The van der Waals surface area contributed by atoms with Crippen LogP contribution in [0, 0.1) is 4.84 Å². The van der Waals surface area contributed by atoms with Crippen molar-refractivity contribution in [2.75, 3.05) is 0 Å². The number of halogens is 4. The van der Waals surface area contributed by atoms with Crippen molar-refractivity contribution >= 4 is 17.8 Å². The van der Waals surface area contributed by atoms with E-state index in [9.17, 15) is 13.2 Å². The molecule has 6 nitrogen and oxygen atoms in total. The van der Waals surface area contributed by atoms with Gasteiger partial charge in [0.05, 0.1) is 18.2 Å². The maximum absolute atomic E-state index is 15.8. The van der Waals surface area contributed by atoms with E-state index in [4.69, 9.17) is 21.2 Å². The first kappa shape index (κ1) is 22.0. The van der Waals surface area contributed by atoms with E-state index >= 15 is 4.39 Å². The molecule has 172 valence electrons. The van der Waals surface area contributed by atoms with E-state index in [0.717, 1.165) is 11.6 Å². The quantitative estimate of drug-likeness (QED) is 0.265. The molecule has 11 heteroatoms. The molecule has 1 unspecified atom stereocenters. The molecule has 0 spiro atoms. The standard InChI is InChI=1S/C23H14F4N4O2S/c24-17-7-6-14(13-4-2-1-3-5-13)11-22(17,20-30-21(34)33-31-20)19-28-16(15-8-9-32-12-15)10-18(29-19)23(25,26)27/h1-10,12H,11H2,(H,30,31,34). The first-order chi connectivity index (χ1) is 16.3. The maximum atomic E-state index is 15.8. The van der Waals surface area contributed by atoms with Crippen LogP contribution in [0.1, 0.15) is 29.3 Å². The normalized spacial score (nSPS) is 18.5. The summed E-state index contributed by atoms with van der Waals surface area (Å²) in [6.07, 6.45) is 0.308. The van der Waals surface area contributed by atoms with E-state index in [0.29, 0.717) is 5.57 Å². The number of furan rings is 1. The number of nitrogens with zero attached hydrogens (tertiary/aromatic N) is 3. The Balaban J connectivity index is 1.78. The highest BCUT2D eigenvalue weighted by Crippen LogP contribution is 2.47. The second-order valence-electron chi connectivity index (χ2n) is 7.57. The fourth-order valence-corrected chi connectivity index (χ4v) is 3.97. The van der Waals surface area contributed by atoms with Crippen LogP contribution in [0.5, 0.6) is 0 Å². The molecule has 1 aromatic carbocycles. The molecular weight excluding hydrogens is 472 g/mol. The highest BCUT2D eigenvalue weighted by atomic mass is 32.1. The Morgan fingerprint density at radius 2 is 1.82 bits per heavy atom. The summed E-state index contributed by atoms with van der Waals surface area (Å²) in [6, 6.07) is 11.3. The summed E-state index contributed by atoms with van der Waals surface area (Å²) < 4.78 is 67.2. The number of nitrogens with one attached hydrogen (secondary N) is 1. The lowest BCUT2D eigenvalue weighted by Crippen LogP contribution is -2.35. The summed E-state index contributed by atoms with van der Waals surface area (Å²) in [5.41, 5.74) is -1.61. The Morgan fingerprint density at radius 3 is 2.47 bits per heavy atom. The average molecular weight is 486 g/mol. The Morgan fingerprint density at radius 1 is 1.03 bits per heavy atom. The molecule has 3 aromatic heterocycles. The van der Waals surface area contributed by atoms with Crippen molar-refractivity contribution in [1.82, 2.24) is 20.1 Å². The van der Waals surface area contributed by atoms with E-state index in [1.807, 2.05) is 18.2 Å². The molecule has 0 aliphatic heterocycles. The molecule has 0 amide bonds. The third kappa shape index (κ3) is 3.77. The van der Waals surface area contributed by atoms with Crippen molar-refractivity contribution in [2.24, 2.45) is 0 Å². The van der Waals surface area contributed by atoms with Crippen LogP contribution in [0.15, 0.2) is 81.9 Å². The second-order valence-corrected chi connectivity index (χ2v) is 7.94. The number of hydrogen-bond donors (Lipinski definition) is 1. The Hall–Kier alpha value is -3.86. The molecule has 1 aliphatic rings. The molecule has 3 heterocycles. The van der Waals surface area contributed by atoms with Crippen molar-refractivity contribution in [3.8, 4) is 11.3 Å². The third-order valence-electron chi connectivity index (χ3n) is 5.50. The van der Waals surface area contributed by atoms with Gasteiger partial charge in [0.15, 0.2) is 11.6 Å². The molecule has 1 atom stereocenters. The van der Waals surface area contributed by atoms with Gasteiger partial charge >= 0.3 is 6.18 Å². The average Bonchev–Trinajstić information content (AvgIpc) is 3.52. The van der Waals surface area contributed by atoms with E-state index in [1.54, 1.807) is 18.2 Å². The van der Waals surface area contributed by atoms with Gasteiger partial charge in [0.2, 0.25) is 0 Å². The molecule has 0 radical (unpaired) electrons. The van der Waals surface area contributed by atoms with Gasteiger partial charge in [-0.25, -0.2) is 14.4 Å². The molecule has 0 fully saturated rings. The van der Waals surface area contributed by atoms with Gasteiger partial charge in [0.25, 0.3) is 4.84 Å². The van der Waals surface area contributed by atoms with Gasteiger partial charge in [-0.1, -0.05) is 41.6 Å². The molecule has 34 heavy (non-hydrogen) atoms. The smallest absolute Gasteiger partial charge is 0.433 e. The largest absolute Gasteiger partial charge is 0.472 e. The number of benzene rings is 1. The van der Waals surface area contributed by atoms with Crippen LogP contribution in [0.25, 0.3) is 16.8 Å². The molecule has 1 aliphatic carbocycles. The molecule has 0 saturated heterocycles. The monoisotopic (exact) mass is 486 g/mol. The summed E-state index contributed by atoms with van der Waals surface area (Å²) in [7, 11) is 0. The molecular formula is C23H14F4N4O2S. The van der Waals surface area contributed by atoms with Gasteiger partial charge in [0, 0.05) is 5.56 Å². The number of aromatic nitrogens is 4. The summed E-state index contributed by atoms with van der Waals surface area (Å²) in [4.78, 5) is 10.6. The Bertz CT molecular complexity index is 1460. The van der Waals surface area contributed by atoms with E-state index in [2.05, 4.69) is 20.1 Å². The third-order valence-corrected chi connectivity index (χ3v) is 5.68. The van der Waals surface area contributed by atoms with Crippen LogP contribution in [0.2, 0.25) is 0 Å². The lowest BCUT2D eigenvalue weighted by molar-refractivity contribution is -0.141. The van der Waals surface area contributed by atoms with Crippen LogP contribution < -0.4 is 0 Å². The first-order valence-corrected chi connectivity index (χ1v) is 10.4. The van der Waals surface area contributed by atoms with Crippen molar-refractivity contribution in [1.29, 1.82) is 0 Å². The van der Waals surface area contributed by atoms with Gasteiger partial charge in [-0.05, 0) is 48.0 Å². The van der Waals surface area contributed by atoms with Crippen molar-refractivity contribution in [3.05, 3.63) is 101 Å². The molecule has 5 rings (SSSR count). The van der Waals surface area contributed by atoms with Gasteiger partial charge in [0.1, 0.15) is 16.9 Å². The van der Waals surface area contributed by atoms with E-state index in [1.165, 1.54) is 24.7 Å². The predicted octanol–water partition coefficient (Wildman–Crippen LogP) is 6.43. The van der Waals surface area contributed by atoms with Gasteiger partial charge in [-0.3, -0.25) is 4.98 Å². The zero-order chi connectivity index (χ0) is 23.9. The van der Waals surface area contributed by atoms with Gasteiger partial charge in [-0.15, -0.1) is 0 Å². The van der Waals surface area contributed by atoms with Crippen molar-refractivity contribution in [2.45, 2.75) is 18.0 Å². The number of alkyl halides is 3. The van der Waals surface area contributed by atoms with Gasteiger partial charge < -0.3 is 8.94 Å². The maximum Gasteiger partial charge on any atom is 0.433 e. The topological polar surface area (TPSA) is 80.7 Å². The second kappa shape index (κ2) is 8.17. The van der Waals surface area contributed by atoms with Gasteiger partial charge in [-0.2, -0.15) is 13.2 Å². The number of hydrogen-bond acceptors (Lipinski definition) is 6. The molecule has 1 N–H and O–H groups in total. The first-order valence-electron chi connectivity index (χ1n) is 9.95. The van der Waals surface area contributed by atoms with Crippen LogP contribution in [-0.4, -0.2) is 20.1 Å². The zero-order valence-electron chi connectivity index (χ0n) is 17.1. The molecule has 4 aromatic rings. The fourth-order valence-electron chi connectivity index (χ4n) is 3.84. The van der Waals surface area contributed by atoms with E-state index < -0.39 is 28.9 Å². The zero-order valence-corrected chi connectivity index (χ0v) is 18.0. The Kier molecular flexibility index (Phi) is 5.28. The van der Waals surface area contributed by atoms with Crippen LogP contribution >= 0.6 is 12.2 Å². The fraction of sp³-hybridized carbons (Fsp3) is 0.130. The van der Waals surface area contributed by atoms with Crippen molar-refractivity contribution < 1.29 is 26.5 Å². The number of H-pyrrole nitrogens is 1. The lowest BCUT2D eigenvalue weighted by Gasteiger charge is -2.32. The van der Waals surface area contributed by atoms with Crippen LogP contribution in [0.3, 0.4) is 0 Å². The van der Waals surface area contributed by atoms with Crippen LogP contribution in [0.4, 0.5) is 17.6 Å². The highest BCUT2D eigenvalue weighted by molar-refractivity contribution is 7.71. The predicted molar refractivity (Wildman–Crippen MR) is 115 cm³/mol. The minimum atomic E-state index is -4.82. The minimum Gasteiger partial charge on any atom is -0.472 e. The van der Waals surface area contributed by atoms with Crippen molar-refractivity contribution in [3.63, 3.8) is 0 Å². The Labute approximate surface area is 194 Å². The number of rotatable bonds is 4. The molecule has 0 bridgehead atoms. The van der Waals surface area contributed by atoms with Crippen LogP contribution in [-0.2, 0) is 11.6 Å². The summed E-state index contributed by atoms with van der Waals surface area (Å²) in [6.45, 7) is 0. The summed E-state index contributed by atoms with van der Waals surface area (Å²) in [5, 5.41) is 3.83. The lowest BCUT2D eigenvalue weighted by atomic mass is 9.74. The molecule has 0 saturated carbocycles. The summed E-state index contributed by atoms with van der Waals surface area (Å²) in [5.74, 6) is -1.41. The number of aromatic amines is 1. The minimum absolute atomic E-state index is 0.0869. The highest BCUT2D eigenvalue weighted by Gasteiger charge is 2.49. The van der Waals surface area contributed by atoms with E-state index in [-0.39, 0.29) is 28.3 Å². The summed E-state index contributed by atoms with van der Waals surface area (Å²) >= 11 is 4.96.